The first kappa shape index (κ1) is 86.6. The number of fused-ring (bicyclic) bond motifs is 8. The number of nitrogens with zero attached hydrogens (tertiary/aromatic N) is 4. The maximum absolute atomic E-state index is 9.13. The molecule has 4 nitrogen and oxygen atoms in total. The van der Waals surface area contributed by atoms with Crippen LogP contribution in [0.5, 0.6) is 0 Å². The van der Waals surface area contributed by atoms with Gasteiger partial charge in [0.05, 0.1) is 0 Å². The molecule has 20 rings (SSSR count). The fourth-order valence-corrected chi connectivity index (χ4v) is 22.3. The highest BCUT2D eigenvalue weighted by Crippen LogP contribution is 2.55. The van der Waals surface area contributed by atoms with Crippen LogP contribution in [0.25, 0.3) is 89.5 Å². The standard InChI is InChI=1S/C33H36N.C32H34N.C31H32N.C30H30N/c1-21(2)32-27-13-9-10-14-28(27)33(22(3)4)30-19-24(15-16-29(30)32)25-17-18-34(6)31(20-25)26-12-8-7-11-23(26)5;1-21-11-7-8-12-25(21)30-20-24(17-18-33(30)6)23-15-16-27-22(2)26-13-9-10-14-28(26)31(29(27)19-23)32(3,4)5;1-20(2)31-28-13-9-8-12-26(28)22(4)27-15-14-23(18-29(27)31)24-16-17-32(5)30(19-24)25-11-7-6-10-21(25)3;1-20-10-6-7-11-24(20)29-19-23(16-17-31(29)5)22-14-15-26-21(2)25-12-8-9-13-27(25)30(3,4)28(26)18-22/h7-22,32-33H,1-6H3;7-20,22,31H,1-6H3;6-20,22,31H,1-5H3;6-19,21H,1-5H3/q4*+1/i21D,22D;;;. The van der Waals surface area contributed by atoms with Gasteiger partial charge in [-0.05, 0) is 237 Å². The summed E-state index contributed by atoms with van der Waals surface area (Å²) in [6.45, 7) is 40.4. The van der Waals surface area contributed by atoms with Crippen LogP contribution in [-0.4, -0.2) is 0 Å². The van der Waals surface area contributed by atoms with Crippen LogP contribution in [-0.2, 0) is 33.6 Å². The Balaban J connectivity index is 0.000000123. The molecule has 0 N–H and O–H groups in total. The van der Waals surface area contributed by atoms with E-state index in [-0.39, 0.29) is 22.7 Å². The van der Waals surface area contributed by atoms with Crippen LogP contribution in [0.1, 0.15) is 252 Å². The van der Waals surface area contributed by atoms with Crippen molar-refractivity contribution in [2.75, 3.05) is 0 Å². The van der Waals surface area contributed by atoms with Crippen LogP contribution in [0.3, 0.4) is 0 Å². The lowest BCUT2D eigenvalue weighted by Gasteiger charge is -2.40. The molecular weight excluding hydrogens is 1570 g/mol. The summed E-state index contributed by atoms with van der Waals surface area (Å²) in [6, 6.07) is 116. The molecule has 0 aliphatic heterocycles. The molecule has 16 aromatic rings. The Hall–Kier alpha value is -12.8. The summed E-state index contributed by atoms with van der Waals surface area (Å²) in [6.07, 6.45) is 8.69. The van der Waals surface area contributed by atoms with Crippen molar-refractivity contribution in [3.05, 3.63) is 452 Å². The molecular formula is C126H132N4+4. The molecule has 0 amide bonds. The molecule has 4 aromatic heterocycles. The predicted molar refractivity (Wildman–Crippen MR) is 545 cm³/mol. The van der Waals surface area contributed by atoms with Gasteiger partial charge < -0.3 is 0 Å². The second kappa shape index (κ2) is 36.6. The highest BCUT2D eigenvalue weighted by molar-refractivity contribution is 5.78. The van der Waals surface area contributed by atoms with Crippen LogP contribution >= 0.6 is 0 Å². The van der Waals surface area contributed by atoms with Gasteiger partial charge in [0.15, 0.2) is 24.8 Å². The average molecular weight is 1700 g/mol. The Kier molecular flexibility index (Phi) is 24.4. The molecule has 4 heteroatoms. The molecule has 7 atom stereocenters. The zero-order chi connectivity index (χ0) is 93.3. The van der Waals surface area contributed by atoms with Crippen molar-refractivity contribution >= 4 is 0 Å². The van der Waals surface area contributed by atoms with Crippen molar-refractivity contribution < 1.29 is 21.0 Å². The molecule has 4 aliphatic carbocycles. The summed E-state index contributed by atoms with van der Waals surface area (Å²) in [5.41, 5.74) is 47.7. The maximum Gasteiger partial charge on any atom is 0.213 e. The van der Waals surface area contributed by atoms with Gasteiger partial charge >= 0.3 is 0 Å². The summed E-state index contributed by atoms with van der Waals surface area (Å²) in [5.74, 6) is 1.17. The molecule has 0 bridgehead atoms. The molecule has 0 saturated carbocycles. The van der Waals surface area contributed by atoms with Gasteiger partial charge in [-0.25, -0.2) is 18.3 Å². The minimum atomic E-state index is -0.698. The maximum atomic E-state index is 9.13. The molecule has 0 fully saturated rings. The Morgan fingerprint density at radius 1 is 0.262 bits per heavy atom. The van der Waals surface area contributed by atoms with Gasteiger partial charge in [0, 0.05) is 120 Å². The molecule has 4 heterocycles. The number of aryl methyl sites for hydroxylation is 8. The minimum absolute atomic E-state index is 0.00720. The molecule has 652 valence electrons. The highest BCUT2D eigenvalue weighted by Gasteiger charge is 2.41. The fourth-order valence-electron chi connectivity index (χ4n) is 22.3. The zero-order valence-corrected chi connectivity index (χ0v) is 80.7. The van der Waals surface area contributed by atoms with Crippen LogP contribution in [0.2, 0.25) is 0 Å². The lowest BCUT2D eigenvalue weighted by atomic mass is 9.64. The lowest BCUT2D eigenvalue weighted by Crippen LogP contribution is -2.30. The molecule has 7 unspecified atom stereocenters. The number of rotatable bonds is 11. The highest BCUT2D eigenvalue weighted by atomic mass is 14.9. The first-order chi connectivity index (χ1) is 63.0. The zero-order valence-electron chi connectivity index (χ0n) is 82.7. The SMILES string of the molecule is Cc1ccccc1-c1cc(-c2ccc3c(c2)C(C(C)(C)C)c2ccccc2C3C)cc[n+]1C.Cc1ccccc1-c1cc(-c2ccc3c(c2)C(C(C)C)c2ccccc2C3C)cc[n+]1C.Cc1ccccc1-c1cc(-c2ccc3c(c2)C(C)(C)c2ccccc2C3C)cc[n+]1C.[2H]C(C)(C)C1c2ccccc2C(C([2H])(C)C)c2cc(-c3cc[n+](C)c(-c4ccccc4C)c3)ccc21. The van der Waals surface area contributed by atoms with Gasteiger partial charge in [-0.15, -0.1) is 0 Å². The topological polar surface area (TPSA) is 15.5 Å². The Morgan fingerprint density at radius 3 is 0.892 bits per heavy atom. The third-order valence-corrected chi connectivity index (χ3v) is 29.2. The van der Waals surface area contributed by atoms with Gasteiger partial charge in [-0.3, -0.25) is 0 Å². The Morgan fingerprint density at radius 2 is 0.515 bits per heavy atom. The van der Waals surface area contributed by atoms with Gasteiger partial charge in [-0.1, -0.05) is 334 Å². The van der Waals surface area contributed by atoms with Crippen molar-refractivity contribution in [1.82, 2.24) is 0 Å². The minimum Gasteiger partial charge on any atom is -0.201 e. The third-order valence-electron chi connectivity index (χ3n) is 29.2. The van der Waals surface area contributed by atoms with Crippen LogP contribution < -0.4 is 18.3 Å². The molecule has 0 radical (unpaired) electrons. The van der Waals surface area contributed by atoms with Gasteiger partial charge in [0.25, 0.3) is 0 Å². The van der Waals surface area contributed by atoms with E-state index in [2.05, 4.69) is 484 Å². The van der Waals surface area contributed by atoms with E-state index in [1.165, 1.54) is 190 Å². The average Bonchev–Trinajstić information content (AvgIpc) is 0.735. The lowest BCUT2D eigenvalue weighted by molar-refractivity contribution is -0.660. The summed E-state index contributed by atoms with van der Waals surface area (Å²) < 4.78 is 27.0. The van der Waals surface area contributed by atoms with Crippen molar-refractivity contribution in [2.24, 2.45) is 51.3 Å². The van der Waals surface area contributed by atoms with Gasteiger partial charge in [-0.2, -0.15) is 0 Å². The van der Waals surface area contributed by atoms with Gasteiger partial charge in [0.2, 0.25) is 22.8 Å². The summed E-state index contributed by atoms with van der Waals surface area (Å²) in [4.78, 5) is 0. The number of benzene rings is 12. The Bertz CT molecular complexity index is 7050. The second-order valence-electron chi connectivity index (χ2n) is 40.0. The first-order valence-electron chi connectivity index (χ1n) is 48.2. The number of hydrogen-bond donors (Lipinski definition) is 0. The summed E-state index contributed by atoms with van der Waals surface area (Å²) >= 11 is 0. The second-order valence-corrected chi connectivity index (χ2v) is 40.0. The fraction of sp³-hybridized carbons (Fsp3) is 0.270. The van der Waals surface area contributed by atoms with E-state index in [1.54, 1.807) is 0 Å². The van der Waals surface area contributed by atoms with Gasteiger partial charge in [0.1, 0.15) is 28.2 Å². The van der Waals surface area contributed by atoms with Crippen LogP contribution in [0.4, 0.5) is 0 Å². The smallest absolute Gasteiger partial charge is 0.201 e. The van der Waals surface area contributed by atoms with Crippen molar-refractivity contribution in [3.8, 4) is 89.5 Å². The normalized spacial score (nSPS) is 17.4. The van der Waals surface area contributed by atoms with Crippen molar-refractivity contribution in [2.45, 2.75) is 171 Å². The molecule has 12 aromatic carbocycles. The van der Waals surface area contributed by atoms with E-state index in [4.69, 9.17) is 2.74 Å². The summed E-state index contributed by atoms with van der Waals surface area (Å²) in [7, 11) is 8.48. The molecule has 4 aliphatic rings. The Labute approximate surface area is 779 Å². The van der Waals surface area contributed by atoms with E-state index in [0.29, 0.717) is 35.5 Å². The molecule has 0 saturated heterocycles. The number of pyridine rings is 4. The largest absolute Gasteiger partial charge is 0.213 e. The predicted octanol–water partition coefficient (Wildman–Crippen LogP) is 30.2. The monoisotopic (exact) mass is 1700 g/mol. The van der Waals surface area contributed by atoms with Crippen LogP contribution in [0.15, 0.2) is 340 Å². The molecule has 130 heavy (non-hydrogen) atoms. The van der Waals surface area contributed by atoms with E-state index in [1.807, 2.05) is 27.7 Å². The van der Waals surface area contributed by atoms with E-state index >= 15 is 0 Å². The molecule has 0 spiro atoms. The van der Waals surface area contributed by atoms with Crippen LogP contribution in [0, 0.1) is 50.8 Å². The van der Waals surface area contributed by atoms with E-state index in [9.17, 15) is 0 Å². The van der Waals surface area contributed by atoms with E-state index < -0.39 is 11.8 Å². The van der Waals surface area contributed by atoms with Crippen molar-refractivity contribution in [1.29, 1.82) is 0 Å². The summed E-state index contributed by atoms with van der Waals surface area (Å²) in [5, 5.41) is 0. The van der Waals surface area contributed by atoms with E-state index in [0.717, 1.165) is 11.1 Å². The first-order valence-corrected chi connectivity index (χ1v) is 47.2. The van der Waals surface area contributed by atoms with Crippen molar-refractivity contribution in [3.63, 3.8) is 0 Å². The number of hydrogen-bond acceptors (Lipinski definition) is 0. The number of aromatic nitrogens is 4. The third kappa shape index (κ3) is 17.0. The quantitative estimate of drug-likeness (QED) is 0.115.